The lowest BCUT2D eigenvalue weighted by molar-refractivity contribution is -0.144. The van der Waals surface area contributed by atoms with Crippen LogP contribution < -0.4 is 5.56 Å². The first kappa shape index (κ1) is 29.3. The highest BCUT2D eigenvalue weighted by Crippen LogP contribution is 2.30. The first-order valence-corrected chi connectivity index (χ1v) is 13.9. The third-order valence-electron chi connectivity index (χ3n) is 6.96. The standard InChI is InChI=1S/C30H20Cl2F3N7O2/c31-19-7-9-24(42-15-27(32)39-40-42)20(13-19)22-14-28(44)41(16-36-22)25(11-17-4-2-1-3-5-17)26(43)12-18-6-8-21-23(10-18)38-29(37-21)30(33,34)35/h1-10,13-16,25H,11-12H2,(H,37,38)/t25-/m0/s1. The van der Waals surface area contributed by atoms with Gasteiger partial charge in [0.1, 0.15) is 6.04 Å². The van der Waals surface area contributed by atoms with Gasteiger partial charge in [0, 0.05) is 29.5 Å². The molecular weight excluding hydrogens is 618 g/mol. The van der Waals surface area contributed by atoms with Gasteiger partial charge in [-0.2, -0.15) is 13.2 Å². The van der Waals surface area contributed by atoms with E-state index in [2.05, 4.69) is 25.3 Å². The topological polar surface area (TPSA) is 111 Å². The van der Waals surface area contributed by atoms with Crippen LogP contribution in [0, 0.1) is 0 Å². The van der Waals surface area contributed by atoms with Gasteiger partial charge in [0.05, 0.1) is 34.9 Å². The minimum atomic E-state index is -4.63. The van der Waals surface area contributed by atoms with Crippen LogP contribution in [0.4, 0.5) is 13.2 Å². The van der Waals surface area contributed by atoms with Crippen LogP contribution in [0.2, 0.25) is 10.2 Å². The van der Waals surface area contributed by atoms with Gasteiger partial charge in [-0.15, -0.1) is 5.10 Å². The van der Waals surface area contributed by atoms with Crippen LogP contribution in [0.3, 0.4) is 0 Å². The minimum absolute atomic E-state index is 0.124. The molecule has 0 spiro atoms. The third kappa shape index (κ3) is 6.12. The van der Waals surface area contributed by atoms with Gasteiger partial charge in [0.2, 0.25) is 5.82 Å². The number of fused-ring (bicyclic) bond motifs is 1. The number of alkyl halides is 3. The number of aromatic amines is 1. The zero-order valence-electron chi connectivity index (χ0n) is 22.5. The molecule has 0 saturated heterocycles. The van der Waals surface area contributed by atoms with E-state index in [1.54, 1.807) is 24.3 Å². The fourth-order valence-corrected chi connectivity index (χ4v) is 5.19. The summed E-state index contributed by atoms with van der Waals surface area (Å²) < 4.78 is 42.1. The van der Waals surface area contributed by atoms with Gasteiger partial charge in [-0.05, 0) is 41.5 Å². The van der Waals surface area contributed by atoms with Crippen molar-refractivity contribution >= 4 is 40.0 Å². The first-order valence-electron chi connectivity index (χ1n) is 13.1. The smallest absolute Gasteiger partial charge is 0.334 e. The number of Topliss-reactive ketones (excluding diaryl/α,β-unsaturated/α-hetero) is 1. The molecule has 0 aliphatic carbocycles. The van der Waals surface area contributed by atoms with Crippen LogP contribution in [0.1, 0.15) is 23.0 Å². The lowest BCUT2D eigenvalue weighted by Gasteiger charge is -2.19. The predicted molar refractivity (Wildman–Crippen MR) is 158 cm³/mol. The molecular formula is C30H20Cl2F3N7O2. The molecule has 3 aromatic carbocycles. The van der Waals surface area contributed by atoms with Gasteiger partial charge in [-0.25, -0.2) is 14.6 Å². The van der Waals surface area contributed by atoms with Crippen LogP contribution in [0.15, 0.2) is 90.1 Å². The number of benzene rings is 3. The lowest BCUT2D eigenvalue weighted by atomic mass is 9.97. The van der Waals surface area contributed by atoms with E-state index in [0.29, 0.717) is 21.8 Å². The Morgan fingerprint density at radius 1 is 0.977 bits per heavy atom. The Kier molecular flexibility index (Phi) is 7.78. The molecule has 44 heavy (non-hydrogen) atoms. The molecule has 0 aliphatic heterocycles. The second kappa shape index (κ2) is 11.7. The number of H-pyrrole nitrogens is 1. The number of carbonyl (C=O) groups is 1. The Morgan fingerprint density at radius 3 is 2.48 bits per heavy atom. The molecule has 14 heteroatoms. The second-order valence-electron chi connectivity index (χ2n) is 9.95. The van der Waals surface area contributed by atoms with Crippen LogP contribution in [-0.2, 0) is 23.8 Å². The average Bonchev–Trinajstić information content (AvgIpc) is 3.63. The van der Waals surface area contributed by atoms with Crippen molar-refractivity contribution in [3.8, 4) is 16.9 Å². The van der Waals surface area contributed by atoms with Gasteiger partial charge in [0.25, 0.3) is 5.56 Å². The molecule has 9 nitrogen and oxygen atoms in total. The quantitative estimate of drug-likeness (QED) is 0.210. The number of rotatable bonds is 8. The fourth-order valence-electron chi connectivity index (χ4n) is 4.89. The molecule has 1 atom stereocenters. The van der Waals surface area contributed by atoms with E-state index in [9.17, 15) is 22.8 Å². The molecule has 0 radical (unpaired) electrons. The van der Waals surface area contributed by atoms with E-state index in [1.807, 2.05) is 30.3 Å². The summed E-state index contributed by atoms with van der Waals surface area (Å²) in [5.74, 6) is -1.45. The molecule has 6 rings (SSSR count). The number of nitrogens with one attached hydrogen (secondary N) is 1. The Balaban J connectivity index is 1.35. The van der Waals surface area contributed by atoms with Crippen molar-refractivity contribution in [1.29, 1.82) is 0 Å². The average molecular weight is 638 g/mol. The van der Waals surface area contributed by atoms with E-state index in [1.165, 1.54) is 40.0 Å². The third-order valence-corrected chi connectivity index (χ3v) is 7.36. The van der Waals surface area contributed by atoms with Gasteiger partial charge < -0.3 is 4.98 Å². The Labute approximate surface area is 256 Å². The molecule has 0 saturated carbocycles. The normalized spacial score (nSPS) is 12.5. The molecule has 6 aromatic rings. The Morgan fingerprint density at radius 2 is 1.77 bits per heavy atom. The maximum Gasteiger partial charge on any atom is 0.449 e. The van der Waals surface area contributed by atoms with Crippen LogP contribution in [0.5, 0.6) is 0 Å². The highest BCUT2D eigenvalue weighted by Gasteiger charge is 2.34. The highest BCUT2D eigenvalue weighted by molar-refractivity contribution is 6.31. The molecule has 0 amide bonds. The lowest BCUT2D eigenvalue weighted by Crippen LogP contribution is -2.32. The van der Waals surface area contributed by atoms with Crippen molar-refractivity contribution in [2.24, 2.45) is 0 Å². The zero-order valence-corrected chi connectivity index (χ0v) is 24.0. The SMILES string of the molecule is O=C(Cc1ccc2nc(C(F)(F)F)[nH]c2c1)[C@H](Cc1ccccc1)n1cnc(-c2cc(Cl)ccc2-n2cc(Cl)nn2)cc1=O. The maximum absolute atomic E-state index is 13.8. The Hall–Kier alpha value is -4.81. The zero-order chi connectivity index (χ0) is 31.0. The number of hydrogen-bond donors (Lipinski definition) is 1. The van der Waals surface area contributed by atoms with E-state index in [-0.39, 0.29) is 40.5 Å². The van der Waals surface area contributed by atoms with Gasteiger partial charge in [-0.1, -0.05) is 64.8 Å². The van der Waals surface area contributed by atoms with Crippen molar-refractivity contribution in [2.75, 3.05) is 0 Å². The first-order chi connectivity index (χ1) is 21.0. The van der Waals surface area contributed by atoms with Gasteiger partial charge in [-0.3, -0.25) is 14.2 Å². The van der Waals surface area contributed by atoms with Crippen LogP contribution in [-0.4, -0.2) is 40.3 Å². The molecule has 3 heterocycles. The summed E-state index contributed by atoms with van der Waals surface area (Å²) in [7, 11) is 0. The monoisotopic (exact) mass is 637 g/mol. The summed E-state index contributed by atoms with van der Waals surface area (Å²) in [5, 5.41) is 8.35. The fraction of sp³-hybridized carbons (Fsp3) is 0.133. The largest absolute Gasteiger partial charge is 0.449 e. The van der Waals surface area contributed by atoms with Crippen molar-refractivity contribution < 1.29 is 18.0 Å². The van der Waals surface area contributed by atoms with Gasteiger partial charge in [0.15, 0.2) is 10.9 Å². The highest BCUT2D eigenvalue weighted by atomic mass is 35.5. The molecule has 0 fully saturated rings. The van der Waals surface area contributed by atoms with E-state index < -0.39 is 23.6 Å². The molecule has 0 bridgehead atoms. The number of nitrogens with zero attached hydrogens (tertiary/aromatic N) is 6. The van der Waals surface area contributed by atoms with Crippen LogP contribution >= 0.6 is 23.2 Å². The summed E-state index contributed by atoms with van der Waals surface area (Å²) in [6, 6.07) is 18.9. The molecule has 1 N–H and O–H groups in total. The van der Waals surface area contributed by atoms with Gasteiger partial charge >= 0.3 is 6.18 Å². The number of carbonyl (C=O) groups excluding carboxylic acids is 1. The van der Waals surface area contributed by atoms with Crippen molar-refractivity contribution in [1.82, 2.24) is 34.5 Å². The second-order valence-corrected chi connectivity index (χ2v) is 10.8. The van der Waals surface area contributed by atoms with E-state index in [4.69, 9.17) is 23.2 Å². The number of aromatic nitrogens is 7. The summed E-state index contributed by atoms with van der Waals surface area (Å²) in [4.78, 5) is 37.7. The van der Waals surface area contributed by atoms with Crippen molar-refractivity contribution in [3.05, 3.63) is 123 Å². The summed E-state index contributed by atoms with van der Waals surface area (Å²) in [6.07, 6.45) is -1.80. The number of hydrogen-bond acceptors (Lipinski definition) is 6. The molecule has 222 valence electrons. The Bertz CT molecular complexity index is 2060. The van der Waals surface area contributed by atoms with E-state index >= 15 is 0 Å². The molecule has 0 unspecified atom stereocenters. The summed E-state index contributed by atoms with van der Waals surface area (Å²) in [5.41, 5.74) is 2.34. The number of imidazole rings is 1. The minimum Gasteiger partial charge on any atom is -0.334 e. The maximum atomic E-state index is 13.8. The molecule has 3 aromatic heterocycles. The molecule has 0 aliphatic rings. The summed E-state index contributed by atoms with van der Waals surface area (Å²) in [6.45, 7) is 0. The van der Waals surface area contributed by atoms with Crippen LogP contribution in [0.25, 0.3) is 28.0 Å². The van der Waals surface area contributed by atoms with Crippen molar-refractivity contribution in [2.45, 2.75) is 25.1 Å². The number of halogens is 5. The van der Waals surface area contributed by atoms with E-state index in [0.717, 1.165) is 5.56 Å². The number of ketones is 1. The van der Waals surface area contributed by atoms with Crippen molar-refractivity contribution in [3.63, 3.8) is 0 Å². The predicted octanol–water partition coefficient (Wildman–Crippen LogP) is 6.29. The summed E-state index contributed by atoms with van der Waals surface area (Å²) >= 11 is 12.2.